The Bertz CT molecular complexity index is 1070. The first-order chi connectivity index (χ1) is 15.0. The van der Waals surface area contributed by atoms with Gasteiger partial charge in [-0.15, -0.1) is 0 Å². The van der Waals surface area contributed by atoms with Gasteiger partial charge in [0.25, 0.3) is 0 Å². The second-order valence-corrected chi connectivity index (χ2v) is 7.79. The number of urea groups is 1. The van der Waals surface area contributed by atoms with E-state index in [1.807, 2.05) is 42.5 Å². The molecule has 158 valence electrons. The number of hydrazone groups is 1. The van der Waals surface area contributed by atoms with E-state index in [0.717, 1.165) is 15.6 Å². The summed E-state index contributed by atoms with van der Waals surface area (Å²) in [5.74, 6) is -0.0859. The Morgan fingerprint density at radius 3 is 2.35 bits per heavy atom. The van der Waals surface area contributed by atoms with Crippen LogP contribution in [0.4, 0.5) is 19.3 Å². The van der Waals surface area contributed by atoms with Crippen molar-refractivity contribution in [2.45, 2.75) is 12.5 Å². The zero-order chi connectivity index (χ0) is 21.8. The Kier molecular flexibility index (Phi) is 6.27. The summed E-state index contributed by atoms with van der Waals surface area (Å²) in [7, 11) is 0. The summed E-state index contributed by atoms with van der Waals surface area (Å²) in [6.45, 7) is -2.53. The number of nitrogens with zero attached hydrogens (tertiary/aromatic N) is 2. The van der Waals surface area contributed by atoms with Crippen LogP contribution in [0.2, 0.25) is 0 Å². The van der Waals surface area contributed by atoms with Crippen LogP contribution in [0.15, 0.2) is 88.4 Å². The quantitative estimate of drug-likeness (QED) is 0.475. The van der Waals surface area contributed by atoms with Crippen LogP contribution >= 0.6 is 15.9 Å². The summed E-state index contributed by atoms with van der Waals surface area (Å²) >= 11 is 3.37. The number of amides is 2. The van der Waals surface area contributed by atoms with Gasteiger partial charge in [-0.3, -0.25) is 0 Å². The molecule has 0 saturated carbocycles. The molecule has 1 atom stereocenters. The minimum absolute atomic E-state index is 0.0680. The smallest absolute Gasteiger partial charge is 0.387 e. The minimum Gasteiger partial charge on any atom is -0.435 e. The molecule has 4 rings (SSSR count). The fraction of sp³-hybridized carbons (Fsp3) is 0.130. The third-order valence-electron chi connectivity index (χ3n) is 4.82. The fourth-order valence-corrected chi connectivity index (χ4v) is 3.63. The number of carbonyl (C=O) groups is 1. The number of hydrogen-bond acceptors (Lipinski definition) is 3. The highest BCUT2D eigenvalue weighted by Gasteiger charge is 2.32. The van der Waals surface area contributed by atoms with Crippen LogP contribution in [0.25, 0.3) is 0 Å². The Morgan fingerprint density at radius 1 is 1.03 bits per heavy atom. The summed E-state index contributed by atoms with van der Waals surface area (Å²) in [5, 5.41) is 8.79. The molecule has 0 spiro atoms. The van der Waals surface area contributed by atoms with Gasteiger partial charge in [-0.2, -0.15) is 13.9 Å². The van der Waals surface area contributed by atoms with Crippen molar-refractivity contribution in [2.75, 3.05) is 11.9 Å². The maximum Gasteiger partial charge on any atom is 0.387 e. The molecule has 2 amide bonds. The number of alkyl halides is 2. The van der Waals surface area contributed by atoms with Crippen LogP contribution < -0.4 is 10.1 Å². The molecule has 8 heteroatoms. The number of rotatable bonds is 5. The summed E-state index contributed by atoms with van der Waals surface area (Å²) in [6, 6.07) is 22.9. The van der Waals surface area contributed by atoms with Crippen LogP contribution in [0.1, 0.15) is 17.0 Å². The standard InChI is InChI=1S/C23H18BrF2N3O2/c24-17-8-10-18(11-9-17)27-23(30)29-14-20(15-4-2-1-3-5-15)21(28-29)16-6-12-19(13-7-16)31-22(25)26/h1-13,20,22H,14H2,(H,27,30). The molecule has 1 N–H and O–H groups in total. The predicted molar refractivity (Wildman–Crippen MR) is 119 cm³/mol. The number of nitrogens with one attached hydrogen (secondary N) is 1. The molecule has 1 heterocycles. The SMILES string of the molecule is O=C(Nc1ccc(Br)cc1)N1CC(c2ccccc2)C(c2ccc(OC(F)F)cc2)=N1. The van der Waals surface area contributed by atoms with E-state index in [1.54, 1.807) is 24.3 Å². The van der Waals surface area contributed by atoms with Gasteiger partial charge in [0.1, 0.15) is 5.75 Å². The largest absolute Gasteiger partial charge is 0.435 e. The van der Waals surface area contributed by atoms with E-state index < -0.39 is 6.61 Å². The summed E-state index contributed by atoms with van der Waals surface area (Å²) in [5.41, 5.74) is 3.07. The number of carbonyl (C=O) groups excluding carboxylic acids is 1. The molecule has 1 unspecified atom stereocenters. The average Bonchev–Trinajstić information content (AvgIpc) is 3.22. The van der Waals surface area contributed by atoms with Crippen molar-refractivity contribution < 1.29 is 18.3 Å². The Hall–Kier alpha value is -3.26. The molecule has 5 nitrogen and oxygen atoms in total. The Labute approximate surface area is 186 Å². The van der Waals surface area contributed by atoms with Crippen molar-refractivity contribution in [3.8, 4) is 5.75 Å². The molecule has 3 aromatic carbocycles. The molecule has 1 aliphatic heterocycles. The third kappa shape index (κ3) is 5.08. The molecule has 0 bridgehead atoms. The van der Waals surface area contributed by atoms with Crippen LogP contribution in [0.5, 0.6) is 5.75 Å². The van der Waals surface area contributed by atoms with E-state index in [1.165, 1.54) is 17.1 Å². The highest BCUT2D eigenvalue weighted by atomic mass is 79.9. The number of halogens is 3. The van der Waals surface area contributed by atoms with E-state index in [-0.39, 0.29) is 17.7 Å². The molecular formula is C23H18BrF2N3O2. The lowest BCUT2D eigenvalue weighted by Gasteiger charge is -2.16. The minimum atomic E-state index is -2.88. The summed E-state index contributed by atoms with van der Waals surface area (Å²) in [4.78, 5) is 12.8. The van der Waals surface area contributed by atoms with Gasteiger partial charge in [0, 0.05) is 16.1 Å². The maximum atomic E-state index is 12.8. The van der Waals surface area contributed by atoms with E-state index in [4.69, 9.17) is 0 Å². The van der Waals surface area contributed by atoms with E-state index in [2.05, 4.69) is 31.1 Å². The van der Waals surface area contributed by atoms with Crippen LogP contribution in [-0.2, 0) is 0 Å². The maximum absolute atomic E-state index is 12.8. The second-order valence-electron chi connectivity index (χ2n) is 6.87. The number of anilines is 1. The van der Waals surface area contributed by atoms with Gasteiger partial charge in [-0.1, -0.05) is 46.3 Å². The van der Waals surface area contributed by atoms with Gasteiger partial charge in [0.05, 0.1) is 12.3 Å². The second kappa shape index (κ2) is 9.26. The summed E-state index contributed by atoms with van der Waals surface area (Å²) in [6.07, 6.45) is 0. The highest BCUT2D eigenvalue weighted by Crippen LogP contribution is 2.30. The van der Waals surface area contributed by atoms with E-state index in [0.29, 0.717) is 17.9 Å². The van der Waals surface area contributed by atoms with E-state index >= 15 is 0 Å². The zero-order valence-electron chi connectivity index (χ0n) is 16.2. The third-order valence-corrected chi connectivity index (χ3v) is 5.35. The first-order valence-electron chi connectivity index (χ1n) is 9.52. The van der Waals surface area contributed by atoms with Gasteiger partial charge < -0.3 is 10.1 Å². The monoisotopic (exact) mass is 485 g/mol. The van der Waals surface area contributed by atoms with Crippen molar-refractivity contribution >= 4 is 33.4 Å². The molecular weight excluding hydrogens is 468 g/mol. The zero-order valence-corrected chi connectivity index (χ0v) is 17.8. The van der Waals surface area contributed by atoms with Crippen molar-refractivity contribution in [1.82, 2.24) is 5.01 Å². The number of benzene rings is 3. The van der Waals surface area contributed by atoms with Gasteiger partial charge >= 0.3 is 12.6 Å². The molecule has 3 aromatic rings. The Morgan fingerprint density at radius 2 is 1.71 bits per heavy atom. The topological polar surface area (TPSA) is 53.9 Å². The van der Waals surface area contributed by atoms with Gasteiger partial charge in [0.2, 0.25) is 0 Å². The van der Waals surface area contributed by atoms with Crippen molar-refractivity contribution in [2.24, 2.45) is 5.10 Å². The number of ether oxygens (including phenoxy) is 1. The highest BCUT2D eigenvalue weighted by molar-refractivity contribution is 9.10. The van der Waals surface area contributed by atoms with Crippen LogP contribution in [0.3, 0.4) is 0 Å². The first-order valence-corrected chi connectivity index (χ1v) is 10.3. The number of hydrogen-bond donors (Lipinski definition) is 1. The predicted octanol–water partition coefficient (Wildman–Crippen LogP) is 6.09. The van der Waals surface area contributed by atoms with E-state index in [9.17, 15) is 13.6 Å². The molecule has 0 radical (unpaired) electrons. The lowest BCUT2D eigenvalue weighted by atomic mass is 9.90. The van der Waals surface area contributed by atoms with Crippen molar-refractivity contribution in [3.63, 3.8) is 0 Å². The molecule has 31 heavy (non-hydrogen) atoms. The molecule has 0 aliphatic carbocycles. The molecule has 0 fully saturated rings. The molecule has 0 saturated heterocycles. The summed E-state index contributed by atoms with van der Waals surface area (Å²) < 4.78 is 30.2. The Balaban J connectivity index is 1.60. The lowest BCUT2D eigenvalue weighted by Crippen LogP contribution is -2.30. The van der Waals surface area contributed by atoms with Crippen molar-refractivity contribution in [3.05, 3.63) is 94.5 Å². The van der Waals surface area contributed by atoms with Crippen molar-refractivity contribution in [1.29, 1.82) is 0 Å². The normalized spacial score (nSPS) is 15.7. The average molecular weight is 486 g/mol. The first kappa shape index (κ1) is 21.0. The molecule has 0 aromatic heterocycles. The van der Waals surface area contributed by atoms with Gasteiger partial charge in [0.15, 0.2) is 0 Å². The van der Waals surface area contributed by atoms with Gasteiger partial charge in [-0.05, 0) is 59.7 Å². The fourth-order valence-electron chi connectivity index (χ4n) is 3.36. The molecule has 1 aliphatic rings. The van der Waals surface area contributed by atoms with Crippen LogP contribution in [-0.4, -0.2) is 29.9 Å². The van der Waals surface area contributed by atoms with Gasteiger partial charge in [-0.25, -0.2) is 9.80 Å². The lowest BCUT2D eigenvalue weighted by molar-refractivity contribution is -0.0498. The van der Waals surface area contributed by atoms with Crippen LogP contribution in [0, 0.1) is 0 Å².